The van der Waals surface area contributed by atoms with Crippen molar-refractivity contribution in [1.29, 1.82) is 0 Å². The molecule has 0 saturated carbocycles. The molecule has 3 unspecified atom stereocenters. The summed E-state index contributed by atoms with van der Waals surface area (Å²) in [6, 6.07) is 2.45. The third-order valence-electron chi connectivity index (χ3n) is 4.63. The Morgan fingerprint density at radius 1 is 1.03 bits per heavy atom. The molecule has 1 aromatic heterocycles. The van der Waals surface area contributed by atoms with Crippen LogP contribution in [0.2, 0.25) is 0 Å². The average Bonchev–Trinajstić information content (AvgIpc) is 3.24. The fourth-order valence-corrected chi connectivity index (χ4v) is 2.90. The summed E-state index contributed by atoms with van der Waals surface area (Å²) in [4.78, 5) is 54.6. The van der Waals surface area contributed by atoms with Gasteiger partial charge in [-0.3, -0.25) is 14.4 Å². The molecular formula is C20H26N6O6. The Morgan fingerprint density at radius 2 is 1.69 bits per heavy atom. The summed E-state index contributed by atoms with van der Waals surface area (Å²) in [6.07, 6.45) is 2.69. The Labute approximate surface area is 183 Å². The van der Waals surface area contributed by atoms with E-state index in [-0.39, 0.29) is 31.4 Å². The van der Waals surface area contributed by atoms with Crippen LogP contribution in [0.1, 0.15) is 24.1 Å². The number of phenolic OH excluding ortho intramolecular Hbond substituents is 1. The molecule has 12 nitrogen and oxygen atoms in total. The molecular weight excluding hydrogens is 420 g/mol. The van der Waals surface area contributed by atoms with Gasteiger partial charge in [-0.15, -0.1) is 0 Å². The van der Waals surface area contributed by atoms with Crippen LogP contribution in [0.5, 0.6) is 5.75 Å². The van der Waals surface area contributed by atoms with Gasteiger partial charge < -0.3 is 37.3 Å². The fraction of sp³-hybridized carbons (Fsp3) is 0.350. The molecule has 9 N–H and O–H groups in total. The largest absolute Gasteiger partial charge is 0.508 e. The van der Waals surface area contributed by atoms with Crippen molar-refractivity contribution in [3.8, 4) is 5.75 Å². The Balaban J connectivity index is 2.13. The van der Waals surface area contributed by atoms with E-state index in [1.54, 1.807) is 12.1 Å². The Kier molecular flexibility index (Phi) is 8.72. The van der Waals surface area contributed by atoms with Crippen molar-refractivity contribution in [3.05, 3.63) is 48.0 Å². The zero-order valence-electron chi connectivity index (χ0n) is 17.2. The predicted octanol–water partition coefficient (Wildman–Crippen LogP) is -1.45. The van der Waals surface area contributed by atoms with Crippen LogP contribution >= 0.6 is 0 Å². The first-order valence-corrected chi connectivity index (χ1v) is 9.78. The van der Waals surface area contributed by atoms with Gasteiger partial charge in [0, 0.05) is 31.2 Å². The summed E-state index contributed by atoms with van der Waals surface area (Å²) in [6.45, 7) is 0. The second kappa shape index (κ2) is 11.5. The monoisotopic (exact) mass is 446 g/mol. The highest BCUT2D eigenvalue weighted by Crippen LogP contribution is 2.12. The number of aromatic hydroxyl groups is 1. The first-order valence-electron chi connectivity index (χ1n) is 9.78. The van der Waals surface area contributed by atoms with Crippen LogP contribution in [0, 0.1) is 0 Å². The van der Waals surface area contributed by atoms with Gasteiger partial charge in [-0.25, -0.2) is 9.78 Å². The molecule has 0 aliphatic rings. The number of primary amides is 1. The van der Waals surface area contributed by atoms with Gasteiger partial charge in [0.05, 0.1) is 12.4 Å². The van der Waals surface area contributed by atoms with Crippen molar-refractivity contribution < 1.29 is 29.4 Å². The van der Waals surface area contributed by atoms with E-state index in [0.29, 0.717) is 11.3 Å². The highest BCUT2D eigenvalue weighted by molar-refractivity contribution is 5.92. The van der Waals surface area contributed by atoms with Crippen LogP contribution in [-0.2, 0) is 32.0 Å². The summed E-state index contributed by atoms with van der Waals surface area (Å²) in [5.41, 5.74) is 12.2. The van der Waals surface area contributed by atoms with E-state index < -0.39 is 41.8 Å². The minimum absolute atomic E-state index is 0.0107. The highest BCUT2D eigenvalue weighted by Gasteiger charge is 2.28. The molecule has 0 saturated heterocycles. The van der Waals surface area contributed by atoms with Gasteiger partial charge in [-0.2, -0.15) is 0 Å². The molecule has 1 heterocycles. The molecule has 2 aromatic rings. The van der Waals surface area contributed by atoms with Crippen molar-refractivity contribution in [2.45, 2.75) is 43.8 Å². The average molecular weight is 446 g/mol. The van der Waals surface area contributed by atoms with Gasteiger partial charge in [0.15, 0.2) is 0 Å². The number of nitrogens with zero attached hydrogens (tertiary/aromatic N) is 1. The lowest BCUT2D eigenvalue weighted by Crippen LogP contribution is -2.55. The summed E-state index contributed by atoms with van der Waals surface area (Å²) in [7, 11) is 0. The predicted molar refractivity (Wildman–Crippen MR) is 112 cm³/mol. The van der Waals surface area contributed by atoms with Crippen LogP contribution < -0.4 is 22.1 Å². The normalized spacial score (nSPS) is 13.5. The third-order valence-corrected chi connectivity index (χ3v) is 4.63. The second-order valence-electron chi connectivity index (χ2n) is 7.22. The summed E-state index contributed by atoms with van der Waals surface area (Å²) < 4.78 is 0. The zero-order valence-corrected chi connectivity index (χ0v) is 17.2. The smallest absolute Gasteiger partial charge is 0.326 e. The molecule has 0 fully saturated rings. The molecule has 32 heavy (non-hydrogen) atoms. The molecule has 172 valence electrons. The molecule has 0 spiro atoms. The van der Waals surface area contributed by atoms with Crippen molar-refractivity contribution in [3.63, 3.8) is 0 Å². The molecule has 0 bridgehead atoms. The number of H-pyrrole nitrogens is 1. The number of carboxylic acid groups (broad SMARTS) is 1. The maximum absolute atomic E-state index is 12.8. The Bertz CT molecular complexity index is 931. The van der Waals surface area contributed by atoms with E-state index in [4.69, 9.17) is 11.5 Å². The standard InChI is InChI=1S/C20H26N6O6/c21-14(8-12-9-23-10-24-12)18(29)26-16(7-11-1-3-13(27)4-2-11)19(30)25-15(20(31)32)5-6-17(22)28/h1-4,9-10,14-16,27H,5-8,21H2,(H2,22,28)(H,23,24)(H,25,30)(H,26,29)(H,31,32). The van der Waals surface area contributed by atoms with Crippen LogP contribution in [0.25, 0.3) is 0 Å². The van der Waals surface area contributed by atoms with Gasteiger partial charge in [-0.05, 0) is 24.1 Å². The van der Waals surface area contributed by atoms with E-state index >= 15 is 0 Å². The maximum atomic E-state index is 12.8. The fourth-order valence-electron chi connectivity index (χ4n) is 2.90. The minimum Gasteiger partial charge on any atom is -0.508 e. The van der Waals surface area contributed by atoms with Gasteiger partial charge >= 0.3 is 5.97 Å². The number of hydrogen-bond acceptors (Lipinski definition) is 7. The number of hydrogen-bond donors (Lipinski definition) is 7. The lowest BCUT2D eigenvalue weighted by molar-refractivity contribution is -0.142. The molecule has 0 aliphatic carbocycles. The number of imidazole rings is 1. The lowest BCUT2D eigenvalue weighted by atomic mass is 10.0. The number of benzene rings is 1. The maximum Gasteiger partial charge on any atom is 0.326 e. The summed E-state index contributed by atoms with van der Waals surface area (Å²) in [5.74, 6) is -3.41. The number of aliphatic carboxylic acids is 1. The van der Waals surface area contributed by atoms with Crippen LogP contribution in [0.15, 0.2) is 36.8 Å². The molecule has 2 rings (SSSR count). The van der Waals surface area contributed by atoms with E-state index in [1.165, 1.54) is 24.7 Å². The van der Waals surface area contributed by atoms with E-state index in [2.05, 4.69) is 20.6 Å². The van der Waals surface area contributed by atoms with Gasteiger partial charge in [0.2, 0.25) is 17.7 Å². The Hall–Kier alpha value is -3.93. The van der Waals surface area contributed by atoms with Crippen LogP contribution in [0.3, 0.4) is 0 Å². The zero-order chi connectivity index (χ0) is 23.7. The molecule has 0 aliphatic heterocycles. The quantitative estimate of drug-likeness (QED) is 0.204. The second-order valence-corrected chi connectivity index (χ2v) is 7.22. The number of carboxylic acids is 1. The van der Waals surface area contributed by atoms with Crippen LogP contribution in [0.4, 0.5) is 0 Å². The number of rotatable bonds is 12. The van der Waals surface area contributed by atoms with Crippen molar-refractivity contribution in [2.75, 3.05) is 0 Å². The van der Waals surface area contributed by atoms with Gasteiger partial charge in [-0.1, -0.05) is 12.1 Å². The van der Waals surface area contributed by atoms with Crippen molar-refractivity contribution in [2.24, 2.45) is 11.5 Å². The van der Waals surface area contributed by atoms with E-state index in [1.807, 2.05) is 0 Å². The van der Waals surface area contributed by atoms with E-state index in [0.717, 1.165) is 0 Å². The topological polar surface area (TPSA) is 214 Å². The molecule has 1 aromatic carbocycles. The van der Waals surface area contributed by atoms with Crippen molar-refractivity contribution in [1.82, 2.24) is 20.6 Å². The first kappa shape index (κ1) is 24.3. The minimum atomic E-state index is -1.37. The van der Waals surface area contributed by atoms with Gasteiger partial charge in [0.25, 0.3) is 0 Å². The number of aromatic amines is 1. The first-order chi connectivity index (χ1) is 15.2. The number of phenols is 1. The Morgan fingerprint density at radius 3 is 2.25 bits per heavy atom. The molecule has 3 amide bonds. The number of amides is 3. The third kappa shape index (κ3) is 7.72. The number of aromatic nitrogens is 2. The van der Waals surface area contributed by atoms with E-state index in [9.17, 15) is 29.4 Å². The number of carbonyl (C=O) groups excluding carboxylic acids is 3. The SMILES string of the molecule is NC(=O)CCC(NC(=O)C(Cc1ccc(O)cc1)NC(=O)C(N)Cc1cnc[nH]1)C(=O)O. The van der Waals surface area contributed by atoms with Crippen molar-refractivity contribution >= 4 is 23.7 Å². The number of carbonyl (C=O) groups is 4. The summed E-state index contributed by atoms with van der Waals surface area (Å²) in [5, 5.41) is 23.7. The number of nitrogens with one attached hydrogen (secondary N) is 3. The highest BCUT2D eigenvalue weighted by atomic mass is 16.4. The van der Waals surface area contributed by atoms with Crippen LogP contribution in [-0.4, -0.2) is 62.0 Å². The van der Waals surface area contributed by atoms with Gasteiger partial charge in [0.1, 0.15) is 17.8 Å². The molecule has 12 heteroatoms. The molecule has 0 radical (unpaired) electrons. The molecule has 3 atom stereocenters. The number of nitrogens with two attached hydrogens (primary N) is 2. The summed E-state index contributed by atoms with van der Waals surface area (Å²) >= 11 is 0. The lowest BCUT2D eigenvalue weighted by Gasteiger charge is -2.23.